The SMILES string of the molecule is Nc1nonc1-n1nnc(C(=O)N/N=C2\CCCc3ccccc32)c1-c1ccccc1. The molecule has 10 heteroatoms. The lowest BCUT2D eigenvalue weighted by Gasteiger charge is -2.17. The first-order chi connectivity index (χ1) is 15.2. The van der Waals surface area contributed by atoms with Crippen molar-refractivity contribution in [3.63, 3.8) is 0 Å². The summed E-state index contributed by atoms with van der Waals surface area (Å²) in [5.41, 5.74) is 12.8. The fourth-order valence-electron chi connectivity index (χ4n) is 3.66. The highest BCUT2D eigenvalue weighted by molar-refractivity contribution is 6.04. The number of nitrogen functional groups attached to an aromatic ring is 1. The number of carbonyl (C=O) groups excluding carboxylic acids is 1. The summed E-state index contributed by atoms with van der Waals surface area (Å²) in [6, 6.07) is 17.3. The van der Waals surface area contributed by atoms with Crippen LogP contribution in [0.2, 0.25) is 0 Å². The summed E-state index contributed by atoms with van der Waals surface area (Å²) in [7, 11) is 0. The number of hydrazone groups is 1. The molecule has 1 aliphatic carbocycles. The van der Waals surface area contributed by atoms with Gasteiger partial charge in [-0.15, -0.1) is 5.10 Å². The molecule has 0 bridgehead atoms. The van der Waals surface area contributed by atoms with Gasteiger partial charge >= 0.3 is 0 Å². The van der Waals surface area contributed by atoms with Crippen LogP contribution in [-0.4, -0.2) is 36.9 Å². The number of aryl methyl sites for hydroxylation is 1. The third-order valence-corrected chi connectivity index (χ3v) is 5.11. The highest BCUT2D eigenvalue weighted by Gasteiger charge is 2.25. The Labute approximate surface area is 176 Å². The average molecular weight is 414 g/mol. The molecule has 0 saturated carbocycles. The van der Waals surface area contributed by atoms with Crippen molar-refractivity contribution in [2.45, 2.75) is 19.3 Å². The topological polar surface area (TPSA) is 137 Å². The van der Waals surface area contributed by atoms with Gasteiger partial charge in [-0.1, -0.05) is 59.8 Å². The zero-order valence-corrected chi connectivity index (χ0v) is 16.4. The van der Waals surface area contributed by atoms with Gasteiger partial charge in [0.1, 0.15) is 5.69 Å². The Morgan fingerprint density at radius 3 is 2.68 bits per heavy atom. The second-order valence-corrected chi connectivity index (χ2v) is 7.05. The van der Waals surface area contributed by atoms with Crippen molar-refractivity contribution in [2.24, 2.45) is 5.10 Å². The maximum atomic E-state index is 13.0. The molecular formula is C21H18N8O2. The van der Waals surface area contributed by atoms with Crippen LogP contribution >= 0.6 is 0 Å². The molecule has 31 heavy (non-hydrogen) atoms. The third-order valence-electron chi connectivity index (χ3n) is 5.11. The minimum atomic E-state index is -0.490. The molecule has 0 fully saturated rings. The molecule has 0 aliphatic heterocycles. The predicted octanol–water partition coefficient (Wildman–Crippen LogP) is 2.37. The van der Waals surface area contributed by atoms with Crippen molar-refractivity contribution >= 4 is 17.4 Å². The molecular weight excluding hydrogens is 396 g/mol. The minimum Gasteiger partial charge on any atom is -0.378 e. The summed E-state index contributed by atoms with van der Waals surface area (Å²) >= 11 is 0. The van der Waals surface area contributed by atoms with Gasteiger partial charge in [0.25, 0.3) is 5.91 Å². The van der Waals surface area contributed by atoms with Crippen LogP contribution in [-0.2, 0) is 6.42 Å². The molecule has 3 N–H and O–H groups in total. The summed E-state index contributed by atoms with van der Waals surface area (Å²) in [6.45, 7) is 0. The lowest BCUT2D eigenvalue weighted by molar-refractivity contribution is 0.0950. The van der Waals surface area contributed by atoms with Crippen molar-refractivity contribution in [1.82, 2.24) is 30.7 Å². The van der Waals surface area contributed by atoms with Gasteiger partial charge < -0.3 is 5.73 Å². The molecule has 4 aromatic rings. The van der Waals surface area contributed by atoms with E-state index < -0.39 is 5.91 Å². The fraction of sp³-hybridized carbons (Fsp3) is 0.143. The quantitative estimate of drug-likeness (QED) is 0.489. The van der Waals surface area contributed by atoms with Gasteiger partial charge in [-0.25, -0.2) is 10.1 Å². The van der Waals surface area contributed by atoms with E-state index >= 15 is 0 Å². The lowest BCUT2D eigenvalue weighted by atomic mass is 9.90. The summed E-state index contributed by atoms with van der Waals surface area (Å²) in [4.78, 5) is 13.0. The first-order valence-corrected chi connectivity index (χ1v) is 9.77. The highest BCUT2D eigenvalue weighted by atomic mass is 16.6. The Morgan fingerprint density at radius 1 is 1.06 bits per heavy atom. The Kier molecular flexibility index (Phi) is 4.71. The van der Waals surface area contributed by atoms with Gasteiger partial charge in [-0.3, -0.25) is 4.79 Å². The van der Waals surface area contributed by atoms with Crippen LogP contribution in [0.15, 0.2) is 64.3 Å². The first kappa shape index (κ1) is 18.7. The summed E-state index contributed by atoms with van der Waals surface area (Å²) in [6.07, 6.45) is 2.77. The van der Waals surface area contributed by atoms with Crippen LogP contribution in [0.4, 0.5) is 5.82 Å². The molecule has 0 radical (unpaired) electrons. The molecule has 0 atom stereocenters. The number of carbonyl (C=O) groups is 1. The van der Waals surface area contributed by atoms with Crippen LogP contribution < -0.4 is 11.2 Å². The monoisotopic (exact) mass is 414 g/mol. The van der Waals surface area contributed by atoms with Crippen LogP contribution in [0.3, 0.4) is 0 Å². The number of amides is 1. The normalized spacial score (nSPS) is 14.4. The molecule has 2 heterocycles. The van der Waals surface area contributed by atoms with Crippen LogP contribution in [0.25, 0.3) is 17.1 Å². The maximum absolute atomic E-state index is 13.0. The van der Waals surface area contributed by atoms with Gasteiger partial charge in [0, 0.05) is 11.1 Å². The number of nitrogens with two attached hydrogens (primary N) is 1. The number of anilines is 1. The number of nitrogens with zero attached hydrogens (tertiary/aromatic N) is 6. The standard InChI is InChI=1S/C21H18N8O2/c22-19-20(27-31-26-19)29-18(14-8-2-1-3-9-14)17(24-28-29)21(30)25-23-16-12-6-10-13-7-4-5-11-15(13)16/h1-5,7-9,11H,6,10,12H2,(H2,22,26)(H,25,30)/b23-16+. The van der Waals surface area contributed by atoms with E-state index in [1.165, 1.54) is 10.2 Å². The van der Waals surface area contributed by atoms with Gasteiger partial charge in [0.2, 0.25) is 11.6 Å². The van der Waals surface area contributed by atoms with E-state index in [1.807, 2.05) is 48.5 Å². The second kappa shape index (κ2) is 7.82. The summed E-state index contributed by atoms with van der Waals surface area (Å²) in [5.74, 6) is -0.304. The molecule has 0 saturated heterocycles. The van der Waals surface area contributed by atoms with Gasteiger partial charge in [0.05, 0.1) is 5.71 Å². The molecule has 5 rings (SSSR count). The fourth-order valence-corrected chi connectivity index (χ4v) is 3.66. The van der Waals surface area contributed by atoms with Gasteiger partial charge in [-0.2, -0.15) is 9.78 Å². The Morgan fingerprint density at radius 2 is 1.87 bits per heavy atom. The molecule has 154 valence electrons. The van der Waals surface area contributed by atoms with Crippen molar-refractivity contribution in [3.05, 3.63) is 71.4 Å². The predicted molar refractivity (Wildman–Crippen MR) is 112 cm³/mol. The maximum Gasteiger partial charge on any atom is 0.294 e. The number of nitrogens with one attached hydrogen (secondary N) is 1. The Balaban J connectivity index is 1.52. The van der Waals surface area contributed by atoms with Crippen molar-refractivity contribution < 1.29 is 9.42 Å². The molecule has 2 aromatic carbocycles. The Hall–Kier alpha value is -4.34. The molecule has 2 aromatic heterocycles. The van der Waals surface area contributed by atoms with Crippen LogP contribution in [0.5, 0.6) is 0 Å². The van der Waals surface area contributed by atoms with Gasteiger partial charge in [-0.05, 0) is 35.1 Å². The molecule has 10 nitrogen and oxygen atoms in total. The van der Waals surface area contributed by atoms with E-state index in [9.17, 15) is 4.79 Å². The zero-order chi connectivity index (χ0) is 21.2. The molecule has 0 unspecified atom stereocenters. The van der Waals surface area contributed by atoms with E-state index in [0.717, 1.165) is 30.5 Å². The van der Waals surface area contributed by atoms with E-state index in [4.69, 9.17) is 5.73 Å². The largest absolute Gasteiger partial charge is 0.378 e. The van der Waals surface area contributed by atoms with E-state index in [2.05, 4.69) is 41.8 Å². The average Bonchev–Trinajstić information content (AvgIpc) is 3.44. The van der Waals surface area contributed by atoms with Crippen molar-refractivity contribution in [1.29, 1.82) is 0 Å². The highest BCUT2D eigenvalue weighted by Crippen LogP contribution is 2.26. The zero-order valence-electron chi connectivity index (χ0n) is 16.4. The number of rotatable bonds is 4. The summed E-state index contributed by atoms with van der Waals surface area (Å²) < 4.78 is 6.02. The Bertz CT molecular complexity index is 1280. The van der Waals surface area contributed by atoms with E-state index in [1.54, 1.807) is 0 Å². The number of benzene rings is 2. The van der Waals surface area contributed by atoms with Crippen LogP contribution in [0, 0.1) is 0 Å². The smallest absolute Gasteiger partial charge is 0.294 e. The molecule has 1 aliphatic rings. The van der Waals surface area contributed by atoms with Crippen LogP contribution in [0.1, 0.15) is 34.5 Å². The van der Waals surface area contributed by atoms with E-state index in [-0.39, 0.29) is 17.3 Å². The first-order valence-electron chi connectivity index (χ1n) is 9.77. The minimum absolute atomic E-state index is 0.0353. The number of hydrogen-bond acceptors (Lipinski definition) is 8. The summed E-state index contributed by atoms with van der Waals surface area (Å²) in [5, 5.41) is 19.9. The number of fused-ring (bicyclic) bond motifs is 1. The molecule has 1 amide bonds. The van der Waals surface area contributed by atoms with Gasteiger partial charge in [0.15, 0.2) is 5.69 Å². The van der Waals surface area contributed by atoms with Crippen molar-refractivity contribution in [2.75, 3.05) is 5.73 Å². The second-order valence-electron chi connectivity index (χ2n) is 7.05. The third kappa shape index (κ3) is 3.44. The number of hydrogen-bond donors (Lipinski definition) is 2. The van der Waals surface area contributed by atoms with Crippen molar-refractivity contribution in [3.8, 4) is 17.1 Å². The number of aromatic nitrogens is 5. The molecule has 0 spiro atoms. The van der Waals surface area contributed by atoms with E-state index in [0.29, 0.717) is 11.3 Å². The lowest BCUT2D eigenvalue weighted by Crippen LogP contribution is -2.23.